The van der Waals surface area contributed by atoms with Crippen LogP contribution in [0.3, 0.4) is 0 Å². The number of thioether (sulfide) groups is 1. The van der Waals surface area contributed by atoms with Crippen LogP contribution < -0.4 is 53.6 Å². The number of aromatic hydroxyl groups is 2. The molecule has 15 amide bonds. The lowest BCUT2D eigenvalue weighted by Gasteiger charge is -2.37. The van der Waals surface area contributed by atoms with Crippen molar-refractivity contribution in [2.45, 2.75) is 172 Å². The number of pyridine rings is 1. The minimum Gasteiger partial charge on any atom is -0.508 e. The van der Waals surface area contributed by atoms with Gasteiger partial charge in [0.2, 0.25) is 88.6 Å². The van der Waals surface area contributed by atoms with Crippen LogP contribution in [0.5, 0.6) is 11.5 Å². The molecule has 37 heteroatoms. The molecule has 0 unspecified atom stereocenters. The SMILES string of the molecule is CCCC[C@H]1C(=O)N(C)CC(=O)N[C@@H](CC(=O)O)C(=O)N[C@@H](C(C)C)C(=O)N(C)[C@@H](Cc2cccnc2)C(=O)N[C@@H](Cc2ccc(O)cc2)C(=O)N(C)CC(=O)N[C@@H](Cc2c[nH]c3ccccc23)C(=O)N[C@@H](Cc2ccc(O)cc2)C(=O)N[C@@H](CC(C)C)C(=O)N[C@H](C(=O)NCC(N)=O)CSCC(=O)N[C@@H](Cc2ccccc2)C(=O)N(C)[C@@H](Cc2ccccc2)C(=O)N1C. The monoisotopic (exact) mass is 1800 g/mol. The number of rotatable bonds is 23. The first-order valence-corrected chi connectivity index (χ1v) is 43.7. The summed E-state index contributed by atoms with van der Waals surface area (Å²) in [6.07, 6.45) is 2.88. The van der Waals surface area contributed by atoms with Crippen LogP contribution in [0, 0.1) is 11.8 Å². The molecule has 8 rings (SSSR count). The number of carboxylic acids is 1. The van der Waals surface area contributed by atoms with Gasteiger partial charge in [-0.15, -0.1) is 11.8 Å². The maximum absolute atomic E-state index is 15.5. The van der Waals surface area contributed by atoms with Gasteiger partial charge in [-0.3, -0.25) is 81.7 Å². The molecular formula is C92H117N17O19S. The third kappa shape index (κ3) is 30.5. The average molecular weight is 1800 g/mol. The van der Waals surface area contributed by atoms with Crippen molar-refractivity contribution in [1.29, 1.82) is 0 Å². The molecule has 2 aromatic heterocycles. The highest BCUT2D eigenvalue weighted by Gasteiger charge is 2.42. The van der Waals surface area contributed by atoms with E-state index in [-0.39, 0.29) is 74.5 Å². The van der Waals surface area contributed by atoms with Gasteiger partial charge in [0.25, 0.3) is 0 Å². The lowest BCUT2D eigenvalue weighted by Crippen LogP contribution is -2.61. The van der Waals surface area contributed by atoms with Gasteiger partial charge in [-0.05, 0) is 94.5 Å². The van der Waals surface area contributed by atoms with Crippen LogP contribution >= 0.6 is 11.8 Å². The summed E-state index contributed by atoms with van der Waals surface area (Å²) in [5, 5.41) is 55.5. The van der Waals surface area contributed by atoms with Crippen molar-refractivity contribution in [3.05, 3.63) is 198 Å². The molecular weight excluding hydrogens is 1680 g/mol. The van der Waals surface area contributed by atoms with Crippen LogP contribution in [0.25, 0.3) is 10.9 Å². The molecule has 690 valence electrons. The molecule has 3 heterocycles. The second-order valence-corrected chi connectivity index (χ2v) is 34.0. The summed E-state index contributed by atoms with van der Waals surface area (Å²) in [5.74, 6) is -17.6. The van der Waals surface area contributed by atoms with Crippen LogP contribution in [0.15, 0.2) is 164 Å². The Morgan fingerprint density at radius 3 is 1.53 bits per heavy atom. The van der Waals surface area contributed by atoms with Gasteiger partial charge >= 0.3 is 5.97 Å². The number of nitrogens with two attached hydrogens (primary N) is 1. The molecule has 1 fully saturated rings. The standard InChI is InChI=1S/C92H117N17O19S/c1-11-12-29-73-90(126)106(7)51-78(114)98-69(46-80(116)117)86(122)104-81(55(4)5)92(128)108(9)74(44-60-26-21-38-94-47-60)87(123)102-70(42-59-32-36-63(111)37-33-59)88(124)105(6)50-77(113)97-68(45-61-48-95-65-28-20-19-27-64(61)65)85(121)101-67(40-58-30-34-62(110)35-31-58)84(120)100-66(39-54(2)3)83(119)103-72(82(118)96-49-76(93)112)52-129-53-79(115)99-71(41-56-22-15-13-16-23-56)89(125)109(10)75(91(127)107(73)8)43-57-24-17-14-18-25-57/h13-28,30-38,47-48,54-55,66-75,81,95,110-111H,11-12,29,39-46,49-53H2,1-10H3,(H2,93,112)(H,96,118)(H,97,113)(H,98,114)(H,99,115)(H,100,120)(H,101,121)(H,102,123)(H,103,119)(H,104,122)(H,116,117)/t66-,67-,68-,69-,70-,71-,72-,73-,74-,75-,81-/m0/s1. The number of hydrogen-bond acceptors (Lipinski definition) is 20. The maximum atomic E-state index is 15.5. The fourth-order valence-corrected chi connectivity index (χ4v) is 15.7. The Labute approximate surface area is 752 Å². The first kappa shape index (κ1) is 101. The molecule has 1 saturated heterocycles. The fraction of sp³-hybridized carbons (Fsp3) is 0.424. The van der Waals surface area contributed by atoms with Gasteiger partial charge in [-0.25, -0.2) is 0 Å². The number of carbonyl (C=O) groups is 16. The molecule has 15 N–H and O–H groups in total. The minimum atomic E-state index is -1.91. The quantitative estimate of drug-likeness (QED) is 0.0433. The number of nitrogens with one attached hydrogen (secondary N) is 10. The number of likely N-dealkylation sites (N-methyl/N-ethyl adjacent to an activating group) is 5. The summed E-state index contributed by atoms with van der Waals surface area (Å²) >= 11 is 0.827. The summed E-state index contributed by atoms with van der Waals surface area (Å²) in [7, 11) is 6.50. The van der Waals surface area contributed by atoms with Gasteiger partial charge in [0.1, 0.15) is 78.0 Å². The van der Waals surface area contributed by atoms with Crippen LogP contribution in [-0.4, -0.2) is 277 Å². The lowest BCUT2D eigenvalue weighted by molar-refractivity contribution is -0.151. The predicted molar refractivity (Wildman–Crippen MR) is 480 cm³/mol. The number of fused-ring (bicyclic) bond motifs is 1. The molecule has 11 atom stereocenters. The van der Waals surface area contributed by atoms with Crippen molar-refractivity contribution >= 4 is 117 Å². The zero-order valence-corrected chi connectivity index (χ0v) is 74.8. The molecule has 7 aromatic rings. The number of benzene rings is 5. The second kappa shape index (κ2) is 48.8. The molecule has 1 aliphatic heterocycles. The predicted octanol–water partition coefficient (Wildman–Crippen LogP) is 1.72. The molecule has 129 heavy (non-hydrogen) atoms. The van der Waals surface area contributed by atoms with Gasteiger partial charge in [0.05, 0.1) is 31.8 Å². The number of phenols is 2. The van der Waals surface area contributed by atoms with E-state index in [4.69, 9.17) is 5.73 Å². The van der Waals surface area contributed by atoms with Crippen LogP contribution in [0.4, 0.5) is 0 Å². The van der Waals surface area contributed by atoms with Crippen LogP contribution in [-0.2, 0) is 115 Å². The zero-order chi connectivity index (χ0) is 94.3. The van der Waals surface area contributed by atoms with E-state index in [1.807, 2.05) is 6.92 Å². The van der Waals surface area contributed by atoms with Crippen molar-refractivity contribution < 1.29 is 92.0 Å². The summed E-state index contributed by atoms with van der Waals surface area (Å²) in [6.45, 7) is 6.13. The average Bonchev–Trinajstić information content (AvgIpc) is 1.50. The number of primary amides is 1. The Bertz CT molecular complexity index is 5070. The van der Waals surface area contributed by atoms with Crippen molar-refractivity contribution in [3.8, 4) is 11.5 Å². The smallest absolute Gasteiger partial charge is 0.305 e. The highest BCUT2D eigenvalue weighted by molar-refractivity contribution is 8.00. The van der Waals surface area contributed by atoms with E-state index >= 15 is 33.6 Å². The minimum absolute atomic E-state index is 0.0268. The molecule has 0 aliphatic carbocycles. The number of aromatic amines is 1. The van der Waals surface area contributed by atoms with E-state index in [0.717, 1.165) is 26.5 Å². The molecule has 0 spiro atoms. The van der Waals surface area contributed by atoms with E-state index < -0.39 is 199 Å². The van der Waals surface area contributed by atoms with Crippen LogP contribution in [0.2, 0.25) is 0 Å². The highest BCUT2D eigenvalue weighted by atomic mass is 32.2. The van der Waals surface area contributed by atoms with Gasteiger partial charge < -0.3 is 98.4 Å². The first-order chi connectivity index (χ1) is 61.4. The largest absolute Gasteiger partial charge is 0.508 e. The Morgan fingerprint density at radius 2 is 0.969 bits per heavy atom. The number of aliphatic carboxylic acids is 1. The van der Waals surface area contributed by atoms with Gasteiger partial charge in [-0.2, -0.15) is 0 Å². The van der Waals surface area contributed by atoms with Crippen molar-refractivity contribution in [2.75, 3.05) is 66.4 Å². The molecule has 0 bridgehead atoms. The first-order valence-electron chi connectivity index (χ1n) is 42.5. The topological polar surface area (TPSA) is 513 Å². The van der Waals surface area contributed by atoms with E-state index in [1.54, 1.807) is 131 Å². The Balaban J connectivity index is 1.21. The van der Waals surface area contributed by atoms with Crippen molar-refractivity contribution in [1.82, 2.24) is 82.3 Å². The second-order valence-electron chi connectivity index (χ2n) is 32.9. The summed E-state index contributed by atoms with van der Waals surface area (Å²) < 4.78 is 0. The van der Waals surface area contributed by atoms with E-state index in [1.165, 1.54) is 106 Å². The molecule has 36 nitrogen and oxygen atoms in total. The van der Waals surface area contributed by atoms with Crippen LogP contribution in [0.1, 0.15) is 100 Å². The lowest BCUT2D eigenvalue weighted by atomic mass is 9.98. The fourth-order valence-electron chi connectivity index (χ4n) is 14.9. The van der Waals surface area contributed by atoms with E-state index in [0.29, 0.717) is 57.1 Å². The Kier molecular flexibility index (Phi) is 38.1. The van der Waals surface area contributed by atoms with E-state index in [2.05, 4.69) is 57.8 Å². The molecule has 1 aliphatic rings. The number of amides is 15. The maximum Gasteiger partial charge on any atom is 0.305 e. The zero-order valence-electron chi connectivity index (χ0n) is 74.0. The number of carbonyl (C=O) groups excluding carboxylic acids is 15. The number of aromatic nitrogens is 2. The van der Waals surface area contributed by atoms with Gasteiger partial charge in [-0.1, -0.05) is 157 Å². The number of H-pyrrole nitrogens is 1. The van der Waals surface area contributed by atoms with Crippen molar-refractivity contribution in [3.63, 3.8) is 0 Å². The number of hydrogen-bond donors (Lipinski definition) is 14. The normalized spacial score (nSPS) is 21.9. The Hall–Kier alpha value is -13.7. The number of unbranched alkanes of at least 4 members (excludes halogenated alkanes) is 1. The number of carboxylic acid groups (broad SMARTS) is 1. The number of phenolic OH excluding ortho intramolecular Hbond substituents is 2. The van der Waals surface area contributed by atoms with Gasteiger partial charge in [0, 0.05) is 109 Å². The Morgan fingerprint density at radius 1 is 0.488 bits per heavy atom. The van der Waals surface area contributed by atoms with Crippen molar-refractivity contribution in [2.24, 2.45) is 17.6 Å². The summed E-state index contributed by atoms with van der Waals surface area (Å²) in [5.41, 5.74) is 8.98. The van der Waals surface area contributed by atoms with Gasteiger partial charge in [0.15, 0.2) is 0 Å². The summed E-state index contributed by atoms with van der Waals surface area (Å²) in [4.78, 5) is 247. The number of para-hydroxylation sites is 1. The molecule has 0 radical (unpaired) electrons. The molecule has 5 aromatic carbocycles. The summed E-state index contributed by atoms with van der Waals surface area (Å²) in [6, 6.07) is 21.8. The van der Waals surface area contributed by atoms with E-state index in [9.17, 15) is 58.5 Å². The highest BCUT2D eigenvalue weighted by Crippen LogP contribution is 2.25. The third-order valence-corrected chi connectivity index (χ3v) is 23.0. The molecule has 0 saturated carbocycles. The third-order valence-electron chi connectivity index (χ3n) is 21.9. The number of nitrogens with zero attached hydrogens (tertiary/aromatic N) is 6.